The van der Waals surface area contributed by atoms with Crippen LogP contribution < -0.4 is 0 Å². The van der Waals surface area contributed by atoms with Crippen molar-refractivity contribution in [1.82, 2.24) is 0 Å². The zero-order valence-electron chi connectivity index (χ0n) is 10.4. The van der Waals surface area contributed by atoms with Crippen LogP contribution >= 0.6 is 11.8 Å². The number of hydrogen-bond acceptors (Lipinski definition) is 3. The van der Waals surface area contributed by atoms with Crippen LogP contribution in [0.5, 0.6) is 0 Å². The quantitative estimate of drug-likeness (QED) is 0.445. The first kappa shape index (κ1) is 12.5. The summed E-state index contributed by atoms with van der Waals surface area (Å²) in [6.07, 6.45) is 7.47. The second-order valence-electron chi connectivity index (χ2n) is 4.28. The maximum Gasteiger partial charge on any atom is 0.270 e. The Balaban J connectivity index is 2.25. The minimum absolute atomic E-state index is 0.0523. The van der Waals surface area contributed by atoms with Crippen molar-refractivity contribution in [3.8, 4) is 12.3 Å². The molecule has 0 saturated heterocycles. The summed E-state index contributed by atoms with van der Waals surface area (Å²) in [5.74, 6) is 2.63. The van der Waals surface area contributed by atoms with E-state index in [1.54, 1.807) is 23.9 Å². The molecule has 0 aromatic heterocycles. The number of hydrogen-bond donors (Lipinski definition) is 0. The molecule has 2 aromatic rings. The maximum atomic E-state index is 10.9. The average Bonchev–Trinajstić information content (AvgIpc) is 2.62. The molecule has 2 aromatic carbocycles. The lowest BCUT2D eigenvalue weighted by atomic mass is 10.0. The molecule has 0 fully saturated rings. The molecule has 3 nitrogen and oxygen atoms in total. The highest BCUT2D eigenvalue weighted by molar-refractivity contribution is 7.99. The van der Waals surface area contributed by atoms with E-state index in [2.05, 4.69) is 5.92 Å². The van der Waals surface area contributed by atoms with Gasteiger partial charge in [-0.25, -0.2) is 0 Å². The number of allylic oxidation sites excluding steroid dienone is 1. The van der Waals surface area contributed by atoms with Crippen molar-refractivity contribution < 1.29 is 4.92 Å². The third kappa shape index (κ3) is 2.09. The summed E-state index contributed by atoms with van der Waals surface area (Å²) in [5.41, 5.74) is 2.49. The van der Waals surface area contributed by atoms with Crippen LogP contribution in [0.1, 0.15) is 11.1 Å². The van der Waals surface area contributed by atoms with Gasteiger partial charge in [0, 0.05) is 33.1 Å². The van der Waals surface area contributed by atoms with Crippen LogP contribution in [-0.2, 0) is 0 Å². The third-order valence-electron chi connectivity index (χ3n) is 3.06. The topological polar surface area (TPSA) is 43.1 Å². The highest BCUT2D eigenvalue weighted by atomic mass is 32.2. The van der Waals surface area contributed by atoms with Crippen molar-refractivity contribution in [3.05, 3.63) is 63.7 Å². The lowest BCUT2D eigenvalue weighted by Gasteiger charge is -2.06. The summed E-state index contributed by atoms with van der Waals surface area (Å²) in [7, 11) is 0. The molecule has 0 unspecified atom stereocenters. The minimum atomic E-state index is -0.406. The Labute approximate surface area is 120 Å². The van der Waals surface area contributed by atoms with Gasteiger partial charge >= 0.3 is 0 Å². The van der Waals surface area contributed by atoms with Crippen molar-refractivity contribution in [2.75, 3.05) is 0 Å². The molecule has 3 rings (SSSR count). The molecule has 1 heterocycles. The fourth-order valence-corrected chi connectivity index (χ4v) is 3.14. The molecule has 0 spiro atoms. The van der Waals surface area contributed by atoms with E-state index in [1.807, 2.05) is 30.3 Å². The molecule has 4 heteroatoms. The molecular formula is C16H9NO2S. The number of non-ortho nitro benzene ring substituents is 1. The van der Waals surface area contributed by atoms with Crippen LogP contribution in [0.3, 0.4) is 0 Å². The van der Waals surface area contributed by atoms with E-state index >= 15 is 0 Å². The first-order valence-corrected chi connectivity index (χ1v) is 6.74. The number of nitro groups is 1. The molecule has 0 N–H and O–H groups in total. The molecule has 20 heavy (non-hydrogen) atoms. The summed E-state index contributed by atoms with van der Waals surface area (Å²) in [6.45, 7) is 0. The summed E-state index contributed by atoms with van der Waals surface area (Å²) < 4.78 is 0. The highest BCUT2D eigenvalue weighted by Crippen LogP contribution is 2.41. The number of benzene rings is 2. The van der Waals surface area contributed by atoms with E-state index in [0.29, 0.717) is 5.57 Å². The summed E-state index contributed by atoms with van der Waals surface area (Å²) in [5, 5.41) is 10.9. The van der Waals surface area contributed by atoms with Crippen LogP contribution in [0.2, 0.25) is 0 Å². The van der Waals surface area contributed by atoms with Crippen LogP contribution in [0.4, 0.5) is 5.69 Å². The van der Waals surface area contributed by atoms with Gasteiger partial charge in [0.05, 0.1) is 4.92 Å². The van der Waals surface area contributed by atoms with Crippen molar-refractivity contribution in [3.63, 3.8) is 0 Å². The SMILES string of the molecule is C#CC1=Cc2ccccc2Sc2ccc([N+](=O)[O-])cc21. The average molecular weight is 279 g/mol. The van der Waals surface area contributed by atoms with Gasteiger partial charge in [-0.2, -0.15) is 0 Å². The molecule has 0 bridgehead atoms. The lowest BCUT2D eigenvalue weighted by molar-refractivity contribution is -0.384. The highest BCUT2D eigenvalue weighted by Gasteiger charge is 2.18. The zero-order valence-corrected chi connectivity index (χ0v) is 11.2. The van der Waals surface area contributed by atoms with E-state index in [1.165, 1.54) is 6.07 Å². The smallest absolute Gasteiger partial charge is 0.258 e. The molecule has 0 saturated carbocycles. The predicted molar refractivity (Wildman–Crippen MR) is 80.4 cm³/mol. The summed E-state index contributed by atoms with van der Waals surface area (Å²) in [6, 6.07) is 12.7. The van der Waals surface area contributed by atoms with Gasteiger partial charge in [-0.1, -0.05) is 35.9 Å². The van der Waals surface area contributed by atoms with Crippen LogP contribution in [0.15, 0.2) is 52.3 Å². The van der Waals surface area contributed by atoms with E-state index < -0.39 is 4.92 Å². The Kier molecular flexibility index (Phi) is 3.05. The predicted octanol–water partition coefficient (Wildman–Crippen LogP) is 4.23. The molecule has 0 amide bonds. The third-order valence-corrected chi connectivity index (χ3v) is 4.23. The van der Waals surface area contributed by atoms with Gasteiger partial charge in [0.25, 0.3) is 5.69 Å². The number of terminal acetylenes is 1. The fraction of sp³-hybridized carbons (Fsp3) is 0. The van der Waals surface area contributed by atoms with Crippen molar-refractivity contribution >= 4 is 29.1 Å². The monoisotopic (exact) mass is 279 g/mol. The number of nitrogens with zero attached hydrogens (tertiary/aromatic N) is 1. The molecule has 0 aliphatic carbocycles. The Bertz CT molecular complexity index is 787. The van der Waals surface area contributed by atoms with E-state index in [4.69, 9.17) is 6.42 Å². The summed E-state index contributed by atoms with van der Waals surface area (Å²) >= 11 is 1.57. The van der Waals surface area contributed by atoms with Crippen LogP contribution in [0.25, 0.3) is 11.6 Å². The zero-order chi connectivity index (χ0) is 14.1. The maximum absolute atomic E-state index is 10.9. The van der Waals surface area contributed by atoms with Crippen molar-refractivity contribution in [2.45, 2.75) is 9.79 Å². The molecule has 1 aliphatic heterocycles. The van der Waals surface area contributed by atoms with Gasteiger partial charge in [-0.15, -0.1) is 6.42 Å². The molecular weight excluding hydrogens is 270 g/mol. The Morgan fingerprint density at radius 2 is 1.95 bits per heavy atom. The Morgan fingerprint density at radius 1 is 1.15 bits per heavy atom. The van der Waals surface area contributed by atoms with Crippen LogP contribution in [-0.4, -0.2) is 4.92 Å². The molecule has 96 valence electrons. The number of nitro benzene ring substituents is 1. The van der Waals surface area contributed by atoms with E-state index in [9.17, 15) is 10.1 Å². The largest absolute Gasteiger partial charge is 0.270 e. The van der Waals surface area contributed by atoms with Gasteiger partial charge in [-0.3, -0.25) is 10.1 Å². The standard InChI is InChI=1S/C16H9NO2S/c1-2-11-9-12-5-3-4-6-15(12)20-16-8-7-13(17(18)19)10-14(11)16/h1,3-10H. The van der Waals surface area contributed by atoms with Crippen LogP contribution in [0, 0.1) is 22.5 Å². The van der Waals surface area contributed by atoms with Gasteiger partial charge in [0.15, 0.2) is 0 Å². The first-order chi connectivity index (χ1) is 9.69. The van der Waals surface area contributed by atoms with Crippen molar-refractivity contribution in [1.29, 1.82) is 0 Å². The number of rotatable bonds is 1. The van der Waals surface area contributed by atoms with Gasteiger partial charge in [-0.05, 0) is 23.8 Å². The van der Waals surface area contributed by atoms with Gasteiger partial charge < -0.3 is 0 Å². The number of fused-ring (bicyclic) bond motifs is 2. The normalized spacial score (nSPS) is 12.4. The fourth-order valence-electron chi connectivity index (χ4n) is 2.09. The second kappa shape index (κ2) is 4.87. The lowest BCUT2D eigenvalue weighted by Crippen LogP contribution is -1.91. The van der Waals surface area contributed by atoms with Crippen molar-refractivity contribution in [2.24, 2.45) is 0 Å². The summed E-state index contributed by atoms with van der Waals surface area (Å²) in [4.78, 5) is 12.5. The van der Waals surface area contributed by atoms with Gasteiger partial charge in [0.1, 0.15) is 0 Å². The molecule has 0 atom stereocenters. The van der Waals surface area contributed by atoms with E-state index in [0.717, 1.165) is 20.9 Å². The Morgan fingerprint density at radius 3 is 2.70 bits per heavy atom. The first-order valence-electron chi connectivity index (χ1n) is 5.93. The molecule has 0 radical (unpaired) electrons. The molecule has 1 aliphatic rings. The minimum Gasteiger partial charge on any atom is -0.258 e. The van der Waals surface area contributed by atoms with Gasteiger partial charge in [0.2, 0.25) is 0 Å². The van der Waals surface area contributed by atoms with E-state index in [-0.39, 0.29) is 5.69 Å². The second-order valence-corrected chi connectivity index (χ2v) is 5.36. The Hall–Kier alpha value is -2.51.